The van der Waals surface area contributed by atoms with Crippen molar-refractivity contribution >= 4 is 11.6 Å². The zero-order valence-corrected chi connectivity index (χ0v) is 15.0. The molecule has 7 nitrogen and oxygen atoms in total. The van der Waals surface area contributed by atoms with E-state index in [-0.39, 0.29) is 18.8 Å². The van der Waals surface area contributed by atoms with E-state index in [1.165, 1.54) is 27.9 Å². The number of alkyl halides is 3. The standard InChI is InChI=1S/C19H16F3N5O2/c20-19(21,22)13-1-3-14(4-2-13)26-10-16(23)27-17(18(26)28)12(9-25-27)11-29-15-5-7-24-8-6-15/h1-9,16H,10-11,23H2/t16-/m1/s1. The highest BCUT2D eigenvalue weighted by Gasteiger charge is 2.35. The Morgan fingerprint density at radius 3 is 2.48 bits per heavy atom. The smallest absolute Gasteiger partial charge is 0.416 e. The molecule has 1 atom stereocenters. The van der Waals surface area contributed by atoms with Gasteiger partial charge in [0.05, 0.1) is 18.3 Å². The molecule has 0 saturated carbocycles. The van der Waals surface area contributed by atoms with Crippen molar-refractivity contribution in [2.24, 2.45) is 5.73 Å². The predicted octanol–water partition coefficient (Wildman–Crippen LogP) is 2.99. The number of pyridine rings is 1. The molecule has 3 aromatic rings. The number of carbonyl (C=O) groups excluding carboxylic acids is 1. The Labute approximate surface area is 163 Å². The fourth-order valence-corrected chi connectivity index (χ4v) is 3.11. The molecule has 29 heavy (non-hydrogen) atoms. The van der Waals surface area contributed by atoms with Crippen LogP contribution in [0.2, 0.25) is 0 Å². The number of anilines is 1. The second-order valence-electron chi connectivity index (χ2n) is 6.46. The van der Waals surface area contributed by atoms with Crippen LogP contribution in [0.25, 0.3) is 0 Å². The zero-order chi connectivity index (χ0) is 20.6. The molecule has 1 aromatic carbocycles. The van der Waals surface area contributed by atoms with Crippen LogP contribution >= 0.6 is 0 Å². The quantitative estimate of drug-likeness (QED) is 0.724. The second kappa shape index (κ2) is 7.21. The first-order chi connectivity index (χ1) is 13.8. The van der Waals surface area contributed by atoms with Gasteiger partial charge in [-0.2, -0.15) is 18.3 Å². The lowest BCUT2D eigenvalue weighted by atomic mass is 10.1. The molecule has 150 valence electrons. The Balaban J connectivity index is 1.60. The SMILES string of the molecule is N[C@H]1CN(c2ccc(C(F)(F)F)cc2)C(=O)c2c(COc3ccncc3)cnn21. The fourth-order valence-electron chi connectivity index (χ4n) is 3.11. The number of aromatic nitrogens is 3. The molecule has 2 aromatic heterocycles. The van der Waals surface area contributed by atoms with Gasteiger partial charge in [-0.25, -0.2) is 4.68 Å². The molecule has 4 rings (SSSR count). The number of hydrogen-bond donors (Lipinski definition) is 1. The van der Waals surface area contributed by atoms with E-state index in [0.29, 0.717) is 17.0 Å². The Morgan fingerprint density at radius 2 is 1.83 bits per heavy atom. The predicted molar refractivity (Wildman–Crippen MR) is 97.1 cm³/mol. The number of nitrogens with two attached hydrogens (primary N) is 1. The van der Waals surface area contributed by atoms with Crippen LogP contribution in [-0.4, -0.2) is 27.2 Å². The number of ether oxygens (including phenoxy) is 1. The number of benzene rings is 1. The molecule has 1 aliphatic heterocycles. The number of carbonyl (C=O) groups is 1. The number of rotatable bonds is 4. The largest absolute Gasteiger partial charge is 0.489 e. The molecule has 1 amide bonds. The van der Waals surface area contributed by atoms with E-state index in [4.69, 9.17) is 10.5 Å². The van der Waals surface area contributed by atoms with Crippen LogP contribution in [0.1, 0.15) is 27.8 Å². The highest BCUT2D eigenvalue weighted by Crippen LogP contribution is 2.32. The van der Waals surface area contributed by atoms with Gasteiger partial charge in [0.15, 0.2) is 0 Å². The molecule has 0 fully saturated rings. The van der Waals surface area contributed by atoms with Gasteiger partial charge < -0.3 is 15.4 Å². The first-order valence-corrected chi connectivity index (χ1v) is 8.68. The summed E-state index contributed by atoms with van der Waals surface area (Å²) in [6.07, 6.45) is -0.423. The lowest BCUT2D eigenvalue weighted by Gasteiger charge is -2.32. The summed E-state index contributed by atoms with van der Waals surface area (Å²) in [5.74, 6) is 0.171. The average molecular weight is 403 g/mol. The van der Waals surface area contributed by atoms with Crippen molar-refractivity contribution in [2.45, 2.75) is 18.9 Å². The van der Waals surface area contributed by atoms with Crippen LogP contribution in [-0.2, 0) is 12.8 Å². The molecular formula is C19H16F3N5O2. The number of fused-ring (bicyclic) bond motifs is 1. The molecule has 0 radical (unpaired) electrons. The lowest BCUT2D eigenvalue weighted by Crippen LogP contribution is -2.46. The number of amides is 1. The number of hydrogen-bond acceptors (Lipinski definition) is 5. The molecule has 2 N–H and O–H groups in total. The third-order valence-corrected chi connectivity index (χ3v) is 4.55. The fraction of sp³-hybridized carbons (Fsp3) is 0.211. The third kappa shape index (κ3) is 3.66. The minimum atomic E-state index is -4.45. The monoisotopic (exact) mass is 403 g/mol. The summed E-state index contributed by atoms with van der Waals surface area (Å²) >= 11 is 0. The maximum atomic E-state index is 13.1. The third-order valence-electron chi connectivity index (χ3n) is 4.55. The summed E-state index contributed by atoms with van der Waals surface area (Å²) in [5, 5.41) is 4.18. The minimum absolute atomic E-state index is 0.0820. The van der Waals surface area contributed by atoms with E-state index in [1.54, 1.807) is 24.5 Å². The summed E-state index contributed by atoms with van der Waals surface area (Å²) in [6, 6.07) is 7.75. The van der Waals surface area contributed by atoms with E-state index in [2.05, 4.69) is 10.1 Å². The first-order valence-electron chi connectivity index (χ1n) is 8.68. The normalized spacial score (nSPS) is 16.6. The molecule has 0 spiro atoms. The molecular weight excluding hydrogens is 387 g/mol. The Bertz CT molecular complexity index is 1020. The van der Waals surface area contributed by atoms with Crippen molar-refractivity contribution in [1.29, 1.82) is 0 Å². The molecule has 0 aliphatic carbocycles. The molecule has 0 saturated heterocycles. The molecule has 10 heteroatoms. The summed E-state index contributed by atoms with van der Waals surface area (Å²) in [7, 11) is 0. The van der Waals surface area contributed by atoms with Crippen molar-refractivity contribution < 1.29 is 22.7 Å². The summed E-state index contributed by atoms with van der Waals surface area (Å²) < 4.78 is 45.5. The van der Waals surface area contributed by atoms with Gasteiger partial charge in [-0.05, 0) is 36.4 Å². The first kappa shape index (κ1) is 18.9. The molecule has 1 aliphatic rings. The summed E-state index contributed by atoms with van der Waals surface area (Å²) in [4.78, 5) is 18.3. The van der Waals surface area contributed by atoms with Gasteiger partial charge in [0, 0.05) is 23.6 Å². The van der Waals surface area contributed by atoms with Crippen molar-refractivity contribution in [3.05, 3.63) is 71.8 Å². The van der Waals surface area contributed by atoms with Crippen LogP contribution in [0.3, 0.4) is 0 Å². The van der Waals surface area contributed by atoms with Gasteiger partial charge >= 0.3 is 6.18 Å². The van der Waals surface area contributed by atoms with E-state index >= 15 is 0 Å². The molecule has 0 bridgehead atoms. The number of nitrogens with zero attached hydrogens (tertiary/aromatic N) is 4. The summed E-state index contributed by atoms with van der Waals surface area (Å²) in [5.41, 5.74) is 6.45. The van der Waals surface area contributed by atoms with Crippen molar-refractivity contribution in [3.8, 4) is 5.75 Å². The van der Waals surface area contributed by atoms with Gasteiger partial charge in [-0.1, -0.05) is 0 Å². The molecule has 0 unspecified atom stereocenters. The Morgan fingerprint density at radius 1 is 1.14 bits per heavy atom. The highest BCUT2D eigenvalue weighted by molar-refractivity contribution is 6.06. The Kier molecular flexibility index (Phi) is 4.71. The maximum Gasteiger partial charge on any atom is 0.416 e. The van der Waals surface area contributed by atoms with Gasteiger partial charge in [0.2, 0.25) is 0 Å². The van der Waals surface area contributed by atoms with E-state index in [0.717, 1.165) is 12.1 Å². The maximum absolute atomic E-state index is 13.1. The highest BCUT2D eigenvalue weighted by atomic mass is 19.4. The van der Waals surface area contributed by atoms with Crippen molar-refractivity contribution in [1.82, 2.24) is 14.8 Å². The Hall–Kier alpha value is -3.40. The van der Waals surface area contributed by atoms with Crippen LogP contribution < -0.4 is 15.4 Å². The van der Waals surface area contributed by atoms with Gasteiger partial charge in [0.25, 0.3) is 5.91 Å². The van der Waals surface area contributed by atoms with Gasteiger partial charge in [-0.3, -0.25) is 9.78 Å². The summed E-state index contributed by atoms with van der Waals surface area (Å²) in [6.45, 7) is 0.169. The van der Waals surface area contributed by atoms with E-state index in [1.807, 2.05) is 0 Å². The van der Waals surface area contributed by atoms with Crippen LogP contribution in [0, 0.1) is 0 Å². The lowest BCUT2D eigenvalue weighted by molar-refractivity contribution is -0.137. The second-order valence-corrected chi connectivity index (χ2v) is 6.46. The topological polar surface area (TPSA) is 86.3 Å². The molecule has 3 heterocycles. The van der Waals surface area contributed by atoms with Gasteiger partial charge in [0.1, 0.15) is 24.2 Å². The van der Waals surface area contributed by atoms with Crippen molar-refractivity contribution in [2.75, 3.05) is 11.4 Å². The average Bonchev–Trinajstić information content (AvgIpc) is 3.14. The van der Waals surface area contributed by atoms with Crippen molar-refractivity contribution in [3.63, 3.8) is 0 Å². The number of halogens is 3. The van der Waals surface area contributed by atoms with Crippen LogP contribution in [0.15, 0.2) is 55.0 Å². The van der Waals surface area contributed by atoms with E-state index in [9.17, 15) is 18.0 Å². The van der Waals surface area contributed by atoms with Crippen LogP contribution in [0.5, 0.6) is 5.75 Å². The van der Waals surface area contributed by atoms with Gasteiger partial charge in [-0.15, -0.1) is 0 Å². The van der Waals surface area contributed by atoms with Crippen LogP contribution in [0.4, 0.5) is 18.9 Å². The zero-order valence-electron chi connectivity index (χ0n) is 15.0. The van der Waals surface area contributed by atoms with E-state index < -0.39 is 23.8 Å². The minimum Gasteiger partial charge on any atom is -0.489 e.